The molecule has 2 amide bonds. The second kappa shape index (κ2) is 12.1. The molecule has 1 N–H and O–H groups in total. The molecule has 1 aliphatic rings. The van der Waals surface area contributed by atoms with Crippen LogP contribution in [0.1, 0.15) is 24.0 Å². The molecule has 1 saturated heterocycles. The molecule has 1 aliphatic heterocycles. The molecular weight excluding hydrogens is 426 g/mol. The van der Waals surface area contributed by atoms with Crippen molar-refractivity contribution in [2.75, 3.05) is 43.6 Å². The third-order valence-electron chi connectivity index (χ3n) is 5.88. The lowest BCUT2D eigenvalue weighted by Gasteiger charge is -2.24. The first-order chi connectivity index (χ1) is 16.7. The van der Waals surface area contributed by atoms with Gasteiger partial charge in [0.1, 0.15) is 12.4 Å². The smallest absolute Gasteiger partial charge is 0.321 e. The minimum Gasteiger partial charge on any atom is -0.491 e. The largest absolute Gasteiger partial charge is 0.491 e. The average molecular weight is 460 g/mol. The fraction of sp³-hybridized carbons (Fsp3) is 0.321. The molecule has 0 aliphatic carbocycles. The number of ether oxygens (including phenoxy) is 2. The van der Waals surface area contributed by atoms with Crippen molar-refractivity contribution in [3.05, 3.63) is 90.0 Å². The van der Waals surface area contributed by atoms with Gasteiger partial charge in [-0.15, -0.1) is 0 Å². The SMILES string of the molecule is CN(Cc1ccccc1N1CCCC1)C(=O)Nc1cccc(COCCOc2ccccc2)c1. The van der Waals surface area contributed by atoms with Crippen molar-refractivity contribution in [2.45, 2.75) is 26.0 Å². The van der Waals surface area contributed by atoms with Gasteiger partial charge in [-0.1, -0.05) is 48.5 Å². The fourth-order valence-corrected chi connectivity index (χ4v) is 4.12. The molecule has 0 aromatic heterocycles. The van der Waals surface area contributed by atoms with Gasteiger partial charge in [0.25, 0.3) is 0 Å². The van der Waals surface area contributed by atoms with E-state index in [2.05, 4.69) is 28.4 Å². The number of rotatable bonds is 10. The Labute approximate surface area is 202 Å². The fourth-order valence-electron chi connectivity index (χ4n) is 4.12. The molecule has 0 atom stereocenters. The zero-order valence-corrected chi connectivity index (χ0v) is 19.8. The number of benzene rings is 3. The van der Waals surface area contributed by atoms with Gasteiger partial charge in [-0.3, -0.25) is 0 Å². The topological polar surface area (TPSA) is 54.0 Å². The van der Waals surface area contributed by atoms with Gasteiger partial charge in [0.05, 0.1) is 13.2 Å². The number of nitrogens with one attached hydrogen (secondary N) is 1. The molecule has 6 heteroatoms. The van der Waals surface area contributed by atoms with E-state index >= 15 is 0 Å². The molecule has 4 rings (SSSR count). The molecule has 1 heterocycles. The van der Waals surface area contributed by atoms with Crippen LogP contribution in [0.2, 0.25) is 0 Å². The predicted molar refractivity (Wildman–Crippen MR) is 136 cm³/mol. The van der Waals surface area contributed by atoms with E-state index in [0.29, 0.717) is 26.4 Å². The molecule has 6 nitrogen and oxygen atoms in total. The molecule has 0 saturated carbocycles. The molecule has 0 spiro atoms. The Morgan fingerprint density at radius 1 is 0.941 bits per heavy atom. The van der Waals surface area contributed by atoms with Crippen molar-refractivity contribution in [3.8, 4) is 5.75 Å². The maximum absolute atomic E-state index is 12.8. The maximum Gasteiger partial charge on any atom is 0.321 e. The Morgan fingerprint density at radius 2 is 1.71 bits per heavy atom. The molecule has 0 bridgehead atoms. The number of hydrogen-bond acceptors (Lipinski definition) is 4. The lowest BCUT2D eigenvalue weighted by Crippen LogP contribution is -2.31. The highest BCUT2D eigenvalue weighted by Crippen LogP contribution is 2.25. The van der Waals surface area contributed by atoms with Crippen LogP contribution in [-0.4, -0.2) is 44.3 Å². The van der Waals surface area contributed by atoms with Crippen LogP contribution < -0.4 is 15.0 Å². The van der Waals surface area contributed by atoms with Crippen LogP contribution >= 0.6 is 0 Å². The zero-order valence-electron chi connectivity index (χ0n) is 19.8. The van der Waals surface area contributed by atoms with E-state index in [0.717, 1.165) is 30.1 Å². The van der Waals surface area contributed by atoms with E-state index in [-0.39, 0.29) is 6.03 Å². The van der Waals surface area contributed by atoms with Gasteiger partial charge >= 0.3 is 6.03 Å². The number of amides is 2. The molecule has 0 unspecified atom stereocenters. The Morgan fingerprint density at radius 3 is 2.53 bits per heavy atom. The highest BCUT2D eigenvalue weighted by molar-refractivity contribution is 5.89. The van der Waals surface area contributed by atoms with Crippen LogP contribution in [0.15, 0.2) is 78.9 Å². The molecule has 178 valence electrons. The van der Waals surface area contributed by atoms with Crippen LogP contribution in [0.25, 0.3) is 0 Å². The second-order valence-electron chi connectivity index (χ2n) is 8.52. The normalized spacial score (nSPS) is 13.0. The molecule has 0 radical (unpaired) electrons. The minimum absolute atomic E-state index is 0.134. The third kappa shape index (κ3) is 6.75. The van der Waals surface area contributed by atoms with Crippen molar-refractivity contribution < 1.29 is 14.3 Å². The van der Waals surface area contributed by atoms with Crippen LogP contribution in [-0.2, 0) is 17.9 Å². The summed E-state index contributed by atoms with van der Waals surface area (Å²) in [4.78, 5) is 17.0. The van der Waals surface area contributed by atoms with Crippen molar-refractivity contribution in [1.29, 1.82) is 0 Å². The first-order valence-corrected chi connectivity index (χ1v) is 11.9. The van der Waals surface area contributed by atoms with Gasteiger partial charge in [-0.25, -0.2) is 4.79 Å². The first-order valence-electron chi connectivity index (χ1n) is 11.9. The zero-order chi connectivity index (χ0) is 23.6. The average Bonchev–Trinajstić information content (AvgIpc) is 3.40. The van der Waals surface area contributed by atoms with Crippen molar-refractivity contribution in [1.82, 2.24) is 4.90 Å². The number of carbonyl (C=O) groups is 1. The summed E-state index contributed by atoms with van der Waals surface area (Å²) in [5.74, 6) is 0.836. The Hall–Kier alpha value is -3.51. The summed E-state index contributed by atoms with van der Waals surface area (Å²) in [7, 11) is 1.83. The standard InChI is InChI=1S/C28H33N3O3/c1-30(21-24-11-5-6-15-27(24)31-16-7-8-17-31)28(32)29-25-12-9-10-23(20-25)22-33-18-19-34-26-13-3-2-4-14-26/h2-6,9-15,20H,7-8,16-19,21-22H2,1H3,(H,29,32). The van der Waals surface area contributed by atoms with E-state index < -0.39 is 0 Å². The predicted octanol–water partition coefficient (Wildman–Crippen LogP) is 5.55. The van der Waals surface area contributed by atoms with Crippen LogP contribution in [0.5, 0.6) is 5.75 Å². The molecule has 34 heavy (non-hydrogen) atoms. The summed E-state index contributed by atoms with van der Waals surface area (Å²) in [6.07, 6.45) is 2.45. The molecular formula is C28H33N3O3. The van der Waals surface area contributed by atoms with Crippen molar-refractivity contribution >= 4 is 17.4 Å². The maximum atomic E-state index is 12.8. The Balaban J connectivity index is 1.25. The number of hydrogen-bond donors (Lipinski definition) is 1. The minimum atomic E-state index is -0.134. The summed E-state index contributed by atoms with van der Waals surface area (Å²) in [6, 6.07) is 25.7. The van der Waals surface area contributed by atoms with Crippen LogP contribution in [0.3, 0.4) is 0 Å². The number of para-hydroxylation sites is 2. The van der Waals surface area contributed by atoms with Gasteiger partial charge in [0.15, 0.2) is 0 Å². The lowest BCUT2D eigenvalue weighted by molar-refractivity contribution is 0.0889. The summed E-state index contributed by atoms with van der Waals surface area (Å²) in [5.41, 5.74) is 4.16. The summed E-state index contributed by atoms with van der Waals surface area (Å²) < 4.78 is 11.4. The van der Waals surface area contributed by atoms with Gasteiger partial charge in [0, 0.05) is 38.1 Å². The van der Waals surface area contributed by atoms with Crippen LogP contribution in [0, 0.1) is 0 Å². The third-order valence-corrected chi connectivity index (χ3v) is 5.88. The van der Waals surface area contributed by atoms with Crippen molar-refractivity contribution in [3.63, 3.8) is 0 Å². The second-order valence-corrected chi connectivity index (χ2v) is 8.52. The number of urea groups is 1. The number of nitrogens with zero attached hydrogens (tertiary/aromatic N) is 2. The van der Waals surface area contributed by atoms with E-state index in [9.17, 15) is 4.79 Å². The number of anilines is 2. The van der Waals surface area contributed by atoms with E-state index in [1.165, 1.54) is 24.1 Å². The van der Waals surface area contributed by atoms with Gasteiger partial charge in [0.2, 0.25) is 0 Å². The highest BCUT2D eigenvalue weighted by atomic mass is 16.5. The summed E-state index contributed by atoms with van der Waals surface area (Å²) in [6.45, 7) is 4.17. The Bertz CT molecular complexity index is 1050. The summed E-state index contributed by atoms with van der Waals surface area (Å²) in [5, 5.41) is 3.01. The van der Waals surface area contributed by atoms with Gasteiger partial charge in [-0.05, 0) is 54.3 Å². The van der Waals surface area contributed by atoms with Gasteiger partial charge < -0.3 is 24.6 Å². The summed E-state index contributed by atoms with van der Waals surface area (Å²) >= 11 is 0. The highest BCUT2D eigenvalue weighted by Gasteiger charge is 2.17. The monoisotopic (exact) mass is 459 g/mol. The molecule has 3 aromatic carbocycles. The number of carbonyl (C=O) groups excluding carboxylic acids is 1. The first kappa shape index (κ1) is 23.6. The lowest BCUT2D eigenvalue weighted by atomic mass is 10.1. The quantitative estimate of drug-likeness (QED) is 0.404. The van der Waals surface area contributed by atoms with E-state index in [1.807, 2.05) is 67.7 Å². The van der Waals surface area contributed by atoms with Gasteiger partial charge in [-0.2, -0.15) is 0 Å². The van der Waals surface area contributed by atoms with E-state index in [1.54, 1.807) is 4.90 Å². The van der Waals surface area contributed by atoms with Crippen molar-refractivity contribution in [2.24, 2.45) is 0 Å². The van der Waals surface area contributed by atoms with E-state index in [4.69, 9.17) is 9.47 Å². The molecule has 1 fully saturated rings. The van der Waals surface area contributed by atoms with Crippen LogP contribution in [0.4, 0.5) is 16.2 Å². The molecule has 3 aromatic rings. The Kier molecular flexibility index (Phi) is 8.41.